The molecule has 2 N–H and O–H groups in total. The summed E-state index contributed by atoms with van der Waals surface area (Å²) in [6, 6.07) is 0. The Balaban J connectivity index is 2.65. The molecule has 0 aromatic heterocycles. The Morgan fingerprint density at radius 3 is 2.70 bits per heavy atom. The third-order valence-corrected chi connectivity index (χ3v) is 1.79. The summed E-state index contributed by atoms with van der Waals surface area (Å²) in [6.45, 7) is 0. The third kappa shape index (κ3) is 2.34. The molecule has 0 atom stereocenters. The van der Waals surface area contributed by atoms with Crippen LogP contribution in [0.2, 0.25) is 0 Å². The molecule has 0 spiro atoms. The largest absolute Gasteiger partial charge is 0.330 e. The lowest BCUT2D eigenvalue weighted by molar-refractivity contribution is 0.376. The fourth-order valence-corrected chi connectivity index (χ4v) is 1.33. The highest BCUT2D eigenvalue weighted by molar-refractivity contribution is 7.52. The van der Waals surface area contributed by atoms with Gasteiger partial charge < -0.3 is 9.79 Å². The Bertz CT molecular complexity index is 265. The van der Waals surface area contributed by atoms with Crippen LogP contribution >= 0.6 is 7.60 Å². The van der Waals surface area contributed by atoms with Gasteiger partial charge in [0.25, 0.3) is 0 Å². The van der Waals surface area contributed by atoms with Crippen molar-refractivity contribution in [2.24, 2.45) is 0 Å². The average molecular weight is 158 g/mol. The summed E-state index contributed by atoms with van der Waals surface area (Å²) < 4.78 is 10.4. The van der Waals surface area contributed by atoms with Crippen molar-refractivity contribution in [1.29, 1.82) is 0 Å². The molecule has 0 saturated heterocycles. The molecule has 0 aromatic carbocycles. The van der Waals surface area contributed by atoms with Crippen molar-refractivity contribution in [3.63, 3.8) is 0 Å². The fraction of sp³-hybridized carbons (Fsp3) is 0.167. The minimum atomic E-state index is -3.89. The van der Waals surface area contributed by atoms with Crippen LogP contribution in [0.3, 0.4) is 0 Å². The van der Waals surface area contributed by atoms with E-state index in [9.17, 15) is 4.57 Å². The van der Waals surface area contributed by atoms with Gasteiger partial charge in [-0.3, -0.25) is 4.57 Å². The third-order valence-electron chi connectivity index (χ3n) is 1.04. The normalized spacial score (nSPS) is 16.0. The van der Waals surface area contributed by atoms with Crippen molar-refractivity contribution < 1.29 is 14.4 Å². The Morgan fingerprint density at radius 1 is 1.60 bits per heavy atom. The van der Waals surface area contributed by atoms with Gasteiger partial charge in [0, 0.05) is 5.57 Å². The molecule has 0 unspecified atom stereocenters. The first-order valence-corrected chi connectivity index (χ1v) is 4.54. The molecule has 0 aliphatic heterocycles. The van der Waals surface area contributed by atoms with Gasteiger partial charge in [0.1, 0.15) is 0 Å². The van der Waals surface area contributed by atoms with Crippen molar-refractivity contribution in [2.75, 3.05) is 6.16 Å². The summed E-state index contributed by atoms with van der Waals surface area (Å²) in [6.07, 6.45) is 4.76. The van der Waals surface area contributed by atoms with E-state index in [0.717, 1.165) is 0 Å². The van der Waals surface area contributed by atoms with Crippen molar-refractivity contribution >= 4 is 7.60 Å². The van der Waals surface area contributed by atoms with E-state index < -0.39 is 7.60 Å². The molecule has 10 heavy (non-hydrogen) atoms. The summed E-state index contributed by atoms with van der Waals surface area (Å²) in [5.41, 5.74) is 3.26. The Labute approximate surface area is 58.5 Å². The maximum atomic E-state index is 10.4. The molecule has 0 amide bonds. The zero-order valence-corrected chi connectivity index (χ0v) is 6.08. The Morgan fingerprint density at radius 2 is 2.30 bits per heavy atom. The van der Waals surface area contributed by atoms with E-state index in [1.165, 1.54) is 0 Å². The molecule has 0 saturated carbocycles. The van der Waals surface area contributed by atoms with Crippen LogP contribution in [0.15, 0.2) is 29.5 Å². The highest BCUT2D eigenvalue weighted by Crippen LogP contribution is 2.37. The van der Waals surface area contributed by atoms with Gasteiger partial charge in [0.2, 0.25) is 0 Å². The monoisotopic (exact) mass is 158 g/mol. The van der Waals surface area contributed by atoms with Gasteiger partial charge in [0.15, 0.2) is 0 Å². The summed E-state index contributed by atoms with van der Waals surface area (Å²) in [7, 11) is -3.89. The SMILES string of the molecule is O=P(O)(O)CC1=C=CC=C1. The highest BCUT2D eigenvalue weighted by atomic mass is 31.2. The summed E-state index contributed by atoms with van der Waals surface area (Å²) in [4.78, 5) is 17.0. The molecule has 0 radical (unpaired) electrons. The van der Waals surface area contributed by atoms with E-state index >= 15 is 0 Å². The standard InChI is InChI=1S/C6H7O3P/c7-10(8,9)5-6-3-1-2-4-6/h1-3H,5H2,(H2,7,8,9). The Hall–Kier alpha value is -0.590. The molecule has 0 bridgehead atoms. The fourth-order valence-electron chi connectivity index (χ4n) is 0.688. The van der Waals surface area contributed by atoms with E-state index in [0.29, 0.717) is 5.57 Å². The zero-order chi connectivity index (χ0) is 7.61. The summed E-state index contributed by atoms with van der Waals surface area (Å²) >= 11 is 0. The Kier molecular flexibility index (Phi) is 1.93. The molecule has 4 heteroatoms. The predicted molar refractivity (Wildman–Crippen MR) is 37.6 cm³/mol. The van der Waals surface area contributed by atoms with Crippen molar-refractivity contribution in [1.82, 2.24) is 0 Å². The molecular weight excluding hydrogens is 151 g/mol. The lowest BCUT2D eigenvalue weighted by Crippen LogP contribution is -1.87. The van der Waals surface area contributed by atoms with Gasteiger partial charge in [-0.15, -0.1) is 5.73 Å². The van der Waals surface area contributed by atoms with Gasteiger partial charge in [0.05, 0.1) is 6.16 Å². The number of hydrogen-bond acceptors (Lipinski definition) is 1. The number of allylic oxidation sites excluding steroid dienone is 3. The highest BCUT2D eigenvalue weighted by Gasteiger charge is 2.14. The van der Waals surface area contributed by atoms with Gasteiger partial charge in [-0.1, -0.05) is 12.2 Å². The van der Waals surface area contributed by atoms with E-state index in [4.69, 9.17) is 9.79 Å². The van der Waals surface area contributed by atoms with E-state index in [1.54, 1.807) is 18.2 Å². The molecule has 54 valence electrons. The summed E-state index contributed by atoms with van der Waals surface area (Å²) in [5.74, 6) is 0. The second-order valence-electron chi connectivity index (χ2n) is 2.02. The maximum absolute atomic E-state index is 10.4. The van der Waals surface area contributed by atoms with Gasteiger partial charge in [-0.05, 0) is 6.08 Å². The van der Waals surface area contributed by atoms with Crippen molar-refractivity contribution in [3.05, 3.63) is 29.5 Å². The van der Waals surface area contributed by atoms with Gasteiger partial charge >= 0.3 is 7.60 Å². The van der Waals surface area contributed by atoms with E-state index in [-0.39, 0.29) is 6.16 Å². The van der Waals surface area contributed by atoms with Gasteiger partial charge in [-0.25, -0.2) is 0 Å². The quantitative estimate of drug-likeness (QED) is 0.462. The molecule has 3 nitrogen and oxygen atoms in total. The minimum Gasteiger partial charge on any atom is -0.324 e. The minimum absolute atomic E-state index is 0.208. The zero-order valence-electron chi connectivity index (χ0n) is 5.19. The van der Waals surface area contributed by atoms with Crippen molar-refractivity contribution in [3.8, 4) is 0 Å². The van der Waals surface area contributed by atoms with Crippen LogP contribution < -0.4 is 0 Å². The molecule has 1 rings (SSSR count). The molecular formula is C6H7O3P. The van der Waals surface area contributed by atoms with Crippen LogP contribution in [-0.2, 0) is 4.57 Å². The number of rotatable bonds is 2. The van der Waals surface area contributed by atoms with Crippen LogP contribution in [0.4, 0.5) is 0 Å². The first-order chi connectivity index (χ1) is 4.58. The van der Waals surface area contributed by atoms with Crippen LogP contribution in [0.25, 0.3) is 0 Å². The average Bonchev–Trinajstić information content (AvgIpc) is 2.12. The van der Waals surface area contributed by atoms with E-state index in [2.05, 4.69) is 5.73 Å². The lowest BCUT2D eigenvalue weighted by atomic mass is 10.4. The van der Waals surface area contributed by atoms with Crippen LogP contribution in [0.1, 0.15) is 0 Å². The molecule has 0 aromatic rings. The molecule has 1 aliphatic carbocycles. The van der Waals surface area contributed by atoms with Crippen LogP contribution in [0.5, 0.6) is 0 Å². The van der Waals surface area contributed by atoms with Crippen LogP contribution in [-0.4, -0.2) is 15.9 Å². The first-order valence-electron chi connectivity index (χ1n) is 2.75. The van der Waals surface area contributed by atoms with E-state index in [1.807, 2.05) is 0 Å². The summed E-state index contributed by atoms with van der Waals surface area (Å²) in [5, 5.41) is 0. The molecule has 1 aliphatic rings. The second-order valence-corrected chi connectivity index (χ2v) is 3.66. The first kappa shape index (κ1) is 7.52. The van der Waals surface area contributed by atoms with Crippen molar-refractivity contribution in [2.45, 2.75) is 0 Å². The topological polar surface area (TPSA) is 57.5 Å². The second kappa shape index (κ2) is 2.57. The van der Waals surface area contributed by atoms with Crippen LogP contribution in [0, 0.1) is 0 Å². The molecule has 0 heterocycles. The molecule has 0 fully saturated rings. The smallest absolute Gasteiger partial charge is 0.324 e. The van der Waals surface area contributed by atoms with Gasteiger partial charge in [-0.2, -0.15) is 0 Å². The lowest BCUT2D eigenvalue weighted by Gasteiger charge is -1.99. The number of hydrogen-bond donors (Lipinski definition) is 2. The maximum Gasteiger partial charge on any atom is 0.330 e. The predicted octanol–water partition coefficient (Wildman–Crippen LogP) is 0.815.